The number of carbonyl (C=O) groups is 1. The fourth-order valence-electron chi connectivity index (χ4n) is 2.95. The van der Waals surface area contributed by atoms with E-state index >= 15 is 0 Å². The third-order valence-electron chi connectivity index (χ3n) is 4.32. The number of nitrogens with zero attached hydrogens (tertiary/aromatic N) is 2. The van der Waals surface area contributed by atoms with Crippen molar-refractivity contribution in [3.8, 4) is 6.07 Å². The van der Waals surface area contributed by atoms with Crippen LogP contribution in [0.5, 0.6) is 0 Å². The van der Waals surface area contributed by atoms with Crippen molar-refractivity contribution in [1.29, 1.82) is 5.26 Å². The first kappa shape index (κ1) is 14.6. The van der Waals surface area contributed by atoms with Crippen molar-refractivity contribution in [1.82, 2.24) is 4.90 Å². The van der Waals surface area contributed by atoms with Gasteiger partial charge in [-0.1, -0.05) is 50.6 Å². The van der Waals surface area contributed by atoms with E-state index in [4.69, 9.17) is 0 Å². The lowest BCUT2D eigenvalue weighted by Crippen LogP contribution is -2.40. The lowest BCUT2D eigenvalue weighted by Gasteiger charge is -2.29. The molecular formula is C17H22N2O. The molecule has 1 aromatic carbocycles. The van der Waals surface area contributed by atoms with Crippen LogP contribution in [0.25, 0.3) is 0 Å². The Balaban J connectivity index is 2.28. The van der Waals surface area contributed by atoms with Crippen molar-refractivity contribution in [2.24, 2.45) is 5.92 Å². The van der Waals surface area contributed by atoms with Crippen LogP contribution in [0.2, 0.25) is 0 Å². The molecule has 3 atom stereocenters. The summed E-state index contributed by atoms with van der Waals surface area (Å²) in [6.07, 6.45) is 2.70. The third-order valence-corrected chi connectivity index (χ3v) is 4.32. The van der Waals surface area contributed by atoms with E-state index in [1.807, 2.05) is 30.3 Å². The van der Waals surface area contributed by atoms with Crippen LogP contribution >= 0.6 is 0 Å². The van der Waals surface area contributed by atoms with E-state index in [2.05, 4.69) is 19.9 Å². The lowest BCUT2D eigenvalue weighted by atomic mass is 9.84. The summed E-state index contributed by atoms with van der Waals surface area (Å²) in [7, 11) is 0. The maximum absolute atomic E-state index is 12.9. The van der Waals surface area contributed by atoms with E-state index in [1.165, 1.54) is 0 Å². The highest BCUT2D eigenvalue weighted by Crippen LogP contribution is 2.31. The summed E-state index contributed by atoms with van der Waals surface area (Å²) in [6, 6.07) is 12.0. The van der Waals surface area contributed by atoms with E-state index in [0.717, 1.165) is 31.4 Å². The molecule has 1 aromatic rings. The number of likely N-dealkylation sites (tertiary alicyclic amines) is 1. The summed E-state index contributed by atoms with van der Waals surface area (Å²) >= 11 is 0. The fourth-order valence-corrected chi connectivity index (χ4v) is 2.95. The predicted octanol–water partition coefficient (Wildman–Crippen LogP) is 3.33. The number of hydrogen-bond donors (Lipinski definition) is 0. The third kappa shape index (κ3) is 2.85. The molecule has 20 heavy (non-hydrogen) atoms. The van der Waals surface area contributed by atoms with E-state index in [-0.39, 0.29) is 23.8 Å². The lowest BCUT2D eigenvalue weighted by molar-refractivity contribution is -0.134. The van der Waals surface area contributed by atoms with Crippen LogP contribution in [0.3, 0.4) is 0 Å². The predicted molar refractivity (Wildman–Crippen MR) is 79.0 cm³/mol. The minimum absolute atomic E-state index is 0.120. The quantitative estimate of drug-likeness (QED) is 0.842. The van der Waals surface area contributed by atoms with Crippen LogP contribution in [0.1, 0.15) is 44.6 Å². The Bertz CT molecular complexity index is 491. The van der Waals surface area contributed by atoms with Gasteiger partial charge in [0.1, 0.15) is 6.04 Å². The summed E-state index contributed by atoms with van der Waals surface area (Å²) in [5.41, 5.74) is 1.07. The van der Waals surface area contributed by atoms with Crippen molar-refractivity contribution in [2.75, 3.05) is 6.54 Å². The molecule has 1 aliphatic heterocycles. The highest BCUT2D eigenvalue weighted by Gasteiger charge is 2.35. The number of benzene rings is 1. The van der Waals surface area contributed by atoms with Crippen molar-refractivity contribution >= 4 is 5.91 Å². The zero-order chi connectivity index (χ0) is 14.5. The van der Waals surface area contributed by atoms with Crippen molar-refractivity contribution in [2.45, 2.75) is 45.1 Å². The first-order chi connectivity index (χ1) is 9.69. The van der Waals surface area contributed by atoms with Gasteiger partial charge in [-0.2, -0.15) is 5.26 Å². The highest BCUT2D eigenvalue weighted by molar-refractivity contribution is 5.85. The number of hydrogen-bond acceptors (Lipinski definition) is 2. The van der Waals surface area contributed by atoms with Gasteiger partial charge in [-0.25, -0.2) is 0 Å². The summed E-state index contributed by atoms with van der Waals surface area (Å²) < 4.78 is 0. The highest BCUT2D eigenvalue weighted by atomic mass is 16.2. The number of nitriles is 1. The standard InChI is InChI=1S/C17H22N2O/c1-3-13(2)16(14-8-5-4-6-9-14)17(20)19-11-7-10-15(19)12-18/h4-6,8-9,13,15-16H,3,7,10-11H2,1-2H3. The van der Waals surface area contributed by atoms with E-state index in [1.54, 1.807) is 4.90 Å². The molecule has 0 N–H and O–H groups in total. The topological polar surface area (TPSA) is 44.1 Å². The Morgan fingerprint density at radius 1 is 1.45 bits per heavy atom. The second-order valence-corrected chi connectivity index (χ2v) is 5.59. The molecule has 2 rings (SSSR count). The molecule has 0 aliphatic carbocycles. The number of carbonyl (C=O) groups excluding carboxylic acids is 1. The van der Waals surface area contributed by atoms with Gasteiger partial charge in [-0.15, -0.1) is 0 Å². The van der Waals surface area contributed by atoms with Gasteiger partial charge in [0.15, 0.2) is 0 Å². The molecule has 3 nitrogen and oxygen atoms in total. The molecule has 0 radical (unpaired) electrons. The van der Waals surface area contributed by atoms with Gasteiger partial charge in [-0.05, 0) is 24.3 Å². The van der Waals surface area contributed by atoms with Gasteiger partial charge in [0.25, 0.3) is 0 Å². The molecule has 106 valence electrons. The Labute approximate surface area is 121 Å². The zero-order valence-corrected chi connectivity index (χ0v) is 12.2. The monoisotopic (exact) mass is 270 g/mol. The van der Waals surface area contributed by atoms with Gasteiger partial charge >= 0.3 is 0 Å². The first-order valence-electron chi connectivity index (χ1n) is 7.44. The maximum atomic E-state index is 12.9. The van der Waals surface area contributed by atoms with Crippen molar-refractivity contribution in [3.63, 3.8) is 0 Å². The smallest absolute Gasteiger partial charge is 0.231 e. The summed E-state index contributed by atoms with van der Waals surface area (Å²) in [4.78, 5) is 14.7. The second kappa shape index (κ2) is 6.56. The normalized spacial score (nSPS) is 21.2. The summed E-state index contributed by atoms with van der Waals surface area (Å²) in [5.74, 6) is 0.273. The van der Waals surface area contributed by atoms with Crippen LogP contribution in [-0.2, 0) is 4.79 Å². The Hall–Kier alpha value is -1.82. The number of rotatable bonds is 4. The van der Waals surface area contributed by atoms with Gasteiger partial charge in [0.2, 0.25) is 5.91 Å². The Kier molecular flexibility index (Phi) is 4.79. The van der Waals surface area contributed by atoms with E-state index < -0.39 is 0 Å². The molecule has 3 unspecified atom stereocenters. The van der Waals surface area contributed by atoms with E-state index in [9.17, 15) is 10.1 Å². The largest absolute Gasteiger partial charge is 0.326 e. The van der Waals surface area contributed by atoms with Crippen LogP contribution in [0.15, 0.2) is 30.3 Å². The molecule has 0 saturated carbocycles. The average Bonchev–Trinajstić information content (AvgIpc) is 2.96. The number of amides is 1. The average molecular weight is 270 g/mol. The summed E-state index contributed by atoms with van der Waals surface area (Å²) in [6.45, 7) is 4.95. The summed E-state index contributed by atoms with van der Waals surface area (Å²) in [5, 5.41) is 9.19. The van der Waals surface area contributed by atoms with Crippen molar-refractivity contribution < 1.29 is 4.79 Å². The SMILES string of the molecule is CCC(C)C(C(=O)N1CCCC1C#N)c1ccccc1. The molecule has 0 spiro atoms. The van der Waals surface area contributed by atoms with Crippen LogP contribution in [0.4, 0.5) is 0 Å². The molecular weight excluding hydrogens is 248 g/mol. The molecule has 1 heterocycles. The Morgan fingerprint density at radius 3 is 2.75 bits per heavy atom. The van der Waals surface area contributed by atoms with Gasteiger partial charge in [0.05, 0.1) is 12.0 Å². The molecule has 1 fully saturated rings. The van der Waals surface area contributed by atoms with E-state index in [0.29, 0.717) is 0 Å². The first-order valence-corrected chi connectivity index (χ1v) is 7.44. The van der Waals surface area contributed by atoms with Crippen LogP contribution < -0.4 is 0 Å². The van der Waals surface area contributed by atoms with Gasteiger partial charge < -0.3 is 4.90 Å². The minimum atomic E-state index is -0.238. The molecule has 3 heteroatoms. The van der Waals surface area contributed by atoms with Gasteiger partial charge in [-0.3, -0.25) is 4.79 Å². The molecule has 0 aromatic heterocycles. The fraction of sp³-hybridized carbons (Fsp3) is 0.529. The molecule has 1 amide bonds. The minimum Gasteiger partial charge on any atom is -0.326 e. The molecule has 0 bridgehead atoms. The Morgan fingerprint density at radius 2 is 2.15 bits per heavy atom. The zero-order valence-electron chi connectivity index (χ0n) is 12.2. The molecule has 1 saturated heterocycles. The maximum Gasteiger partial charge on any atom is 0.231 e. The van der Waals surface area contributed by atoms with Crippen molar-refractivity contribution in [3.05, 3.63) is 35.9 Å². The van der Waals surface area contributed by atoms with Crippen LogP contribution in [0, 0.1) is 17.2 Å². The van der Waals surface area contributed by atoms with Gasteiger partial charge in [0, 0.05) is 6.54 Å². The molecule has 1 aliphatic rings. The second-order valence-electron chi connectivity index (χ2n) is 5.59. The van der Waals surface area contributed by atoms with Crippen LogP contribution in [-0.4, -0.2) is 23.4 Å².